The highest BCUT2D eigenvalue weighted by atomic mass is 35.5. The number of halogens is 2. The second kappa shape index (κ2) is 10.6. The number of hydrogen-bond donors (Lipinski definition) is 1. The number of amides is 1. The van der Waals surface area contributed by atoms with E-state index in [1.54, 1.807) is 6.92 Å². The number of rotatable bonds is 8. The summed E-state index contributed by atoms with van der Waals surface area (Å²) in [6.07, 6.45) is 2.77. The largest absolute Gasteiger partial charge is 0.467 e. The number of nitrogens with one attached hydrogen (secondary N) is 1. The molecule has 0 fully saturated rings. The van der Waals surface area contributed by atoms with Crippen molar-refractivity contribution in [3.8, 4) is 0 Å². The zero-order valence-corrected chi connectivity index (χ0v) is 15.5. The molecule has 0 bridgehead atoms. The molecule has 0 heterocycles. The van der Waals surface area contributed by atoms with Crippen molar-refractivity contribution in [2.24, 2.45) is 5.92 Å². The average molecular weight is 386 g/mol. The summed E-state index contributed by atoms with van der Waals surface area (Å²) in [5.74, 6) is -2.81. The van der Waals surface area contributed by atoms with Crippen molar-refractivity contribution in [3.05, 3.63) is 40.7 Å². The van der Waals surface area contributed by atoms with Crippen molar-refractivity contribution in [3.63, 3.8) is 0 Å². The zero-order chi connectivity index (χ0) is 19.7. The molecule has 1 aromatic carbocycles. The van der Waals surface area contributed by atoms with Gasteiger partial charge in [-0.25, -0.2) is 14.0 Å². The maximum atomic E-state index is 13.6. The highest BCUT2D eigenvalue weighted by Gasteiger charge is 2.26. The lowest BCUT2D eigenvalue weighted by Crippen LogP contribution is -2.47. The van der Waals surface area contributed by atoms with E-state index in [0.717, 1.165) is 12.2 Å². The molecule has 26 heavy (non-hydrogen) atoms. The van der Waals surface area contributed by atoms with E-state index >= 15 is 0 Å². The third-order valence-electron chi connectivity index (χ3n) is 3.72. The first-order valence-electron chi connectivity index (χ1n) is 7.96. The van der Waals surface area contributed by atoms with E-state index in [2.05, 4.69) is 10.1 Å². The highest BCUT2D eigenvalue weighted by Crippen LogP contribution is 2.20. The minimum absolute atomic E-state index is 0.0399. The predicted octanol–water partition coefficient (Wildman–Crippen LogP) is 2.74. The lowest BCUT2D eigenvalue weighted by atomic mass is 9.99. The number of carbonyl (C=O) groups is 3. The Labute approximate surface area is 156 Å². The van der Waals surface area contributed by atoms with Crippen molar-refractivity contribution in [2.75, 3.05) is 13.7 Å². The third kappa shape index (κ3) is 6.48. The monoisotopic (exact) mass is 385 g/mol. The van der Waals surface area contributed by atoms with Crippen molar-refractivity contribution in [2.45, 2.75) is 26.3 Å². The summed E-state index contributed by atoms with van der Waals surface area (Å²) in [6, 6.07) is 3.29. The fourth-order valence-corrected chi connectivity index (χ4v) is 2.24. The van der Waals surface area contributed by atoms with Crippen LogP contribution in [0.5, 0.6) is 0 Å². The molecule has 0 radical (unpaired) electrons. The van der Waals surface area contributed by atoms with Gasteiger partial charge in [0, 0.05) is 11.6 Å². The molecule has 8 heteroatoms. The molecular formula is C18H21ClFNO5. The van der Waals surface area contributed by atoms with Gasteiger partial charge in [0.25, 0.3) is 5.91 Å². The van der Waals surface area contributed by atoms with Gasteiger partial charge in [-0.2, -0.15) is 0 Å². The Bertz CT molecular complexity index is 672. The van der Waals surface area contributed by atoms with Gasteiger partial charge >= 0.3 is 11.9 Å². The van der Waals surface area contributed by atoms with Gasteiger partial charge in [-0.15, -0.1) is 0 Å². The first-order valence-corrected chi connectivity index (χ1v) is 8.34. The Balaban J connectivity index is 2.59. The smallest absolute Gasteiger partial charge is 0.331 e. The van der Waals surface area contributed by atoms with Crippen molar-refractivity contribution in [1.29, 1.82) is 0 Å². The first-order chi connectivity index (χ1) is 12.3. The maximum absolute atomic E-state index is 13.6. The molecule has 0 aliphatic heterocycles. The standard InChI is InChI=1S/C18H21ClFNO5/c1-4-11(2)17(18(24)25-3)21-15(22)10-26-16(23)9-8-12-13(19)6-5-7-14(12)20/h5-9,11,17H,4,10H2,1-3H3,(H,21,22)/b9-8+/t11-,17-/m0/s1. The number of benzene rings is 1. The Hall–Kier alpha value is -2.41. The molecule has 0 saturated carbocycles. The van der Waals surface area contributed by atoms with E-state index in [1.807, 2.05) is 6.92 Å². The second-order valence-corrected chi connectivity index (χ2v) is 5.94. The summed E-state index contributed by atoms with van der Waals surface area (Å²) in [5, 5.41) is 2.61. The van der Waals surface area contributed by atoms with E-state index in [-0.39, 0.29) is 16.5 Å². The van der Waals surface area contributed by atoms with Crippen LogP contribution in [0.2, 0.25) is 5.02 Å². The van der Waals surface area contributed by atoms with Gasteiger partial charge in [-0.3, -0.25) is 4.79 Å². The molecule has 6 nitrogen and oxygen atoms in total. The minimum Gasteiger partial charge on any atom is -0.467 e. The molecule has 0 aromatic heterocycles. The normalized spacial score (nSPS) is 13.1. The van der Waals surface area contributed by atoms with Crippen LogP contribution in [0.15, 0.2) is 24.3 Å². The average Bonchev–Trinajstić information content (AvgIpc) is 2.62. The number of esters is 2. The zero-order valence-electron chi connectivity index (χ0n) is 14.8. The van der Waals surface area contributed by atoms with Gasteiger partial charge < -0.3 is 14.8 Å². The Morgan fingerprint density at radius 3 is 2.62 bits per heavy atom. The van der Waals surface area contributed by atoms with Crippen LogP contribution in [0.3, 0.4) is 0 Å². The maximum Gasteiger partial charge on any atom is 0.331 e. The molecule has 0 unspecified atom stereocenters. The molecule has 1 N–H and O–H groups in total. The third-order valence-corrected chi connectivity index (χ3v) is 4.05. The van der Waals surface area contributed by atoms with Crippen LogP contribution in [0, 0.1) is 11.7 Å². The fourth-order valence-electron chi connectivity index (χ4n) is 2.02. The number of ether oxygens (including phenoxy) is 2. The van der Waals surface area contributed by atoms with E-state index in [0.29, 0.717) is 6.42 Å². The molecule has 2 atom stereocenters. The first kappa shape index (κ1) is 21.6. The molecule has 0 spiro atoms. The van der Waals surface area contributed by atoms with Crippen LogP contribution >= 0.6 is 11.6 Å². The van der Waals surface area contributed by atoms with Gasteiger partial charge in [0.05, 0.1) is 12.1 Å². The van der Waals surface area contributed by atoms with Crippen LogP contribution in [-0.2, 0) is 23.9 Å². The SMILES string of the molecule is CC[C@H](C)[C@H](NC(=O)COC(=O)/C=C/c1c(F)cccc1Cl)C(=O)OC. The lowest BCUT2D eigenvalue weighted by molar-refractivity contribution is -0.148. The molecule has 0 aliphatic carbocycles. The van der Waals surface area contributed by atoms with Crippen molar-refractivity contribution in [1.82, 2.24) is 5.32 Å². The molecule has 142 valence electrons. The molecule has 0 aliphatic rings. The topological polar surface area (TPSA) is 81.7 Å². The number of hydrogen-bond acceptors (Lipinski definition) is 5. The lowest BCUT2D eigenvalue weighted by Gasteiger charge is -2.21. The summed E-state index contributed by atoms with van der Waals surface area (Å²) in [7, 11) is 1.22. The van der Waals surface area contributed by atoms with Crippen LogP contribution in [0.4, 0.5) is 4.39 Å². The van der Waals surface area contributed by atoms with Gasteiger partial charge in [0.2, 0.25) is 0 Å². The minimum atomic E-state index is -0.849. The van der Waals surface area contributed by atoms with E-state index in [1.165, 1.54) is 25.3 Å². The summed E-state index contributed by atoms with van der Waals surface area (Å²) in [5.41, 5.74) is 0.0399. The molecule has 1 rings (SSSR count). The summed E-state index contributed by atoms with van der Waals surface area (Å²) in [4.78, 5) is 35.2. The van der Waals surface area contributed by atoms with E-state index in [9.17, 15) is 18.8 Å². The molecule has 0 saturated heterocycles. The number of carbonyl (C=O) groups excluding carboxylic acids is 3. The second-order valence-electron chi connectivity index (χ2n) is 5.53. The molecular weight excluding hydrogens is 365 g/mol. The van der Waals surface area contributed by atoms with Gasteiger partial charge in [0.1, 0.15) is 11.9 Å². The molecule has 1 amide bonds. The van der Waals surface area contributed by atoms with Crippen molar-refractivity contribution < 1.29 is 28.2 Å². The summed E-state index contributed by atoms with van der Waals surface area (Å²) >= 11 is 5.83. The van der Waals surface area contributed by atoms with Crippen LogP contribution in [0.1, 0.15) is 25.8 Å². The quantitative estimate of drug-likeness (QED) is 0.549. The van der Waals surface area contributed by atoms with Crippen LogP contribution in [0.25, 0.3) is 6.08 Å². The van der Waals surface area contributed by atoms with Crippen molar-refractivity contribution >= 4 is 35.5 Å². The Kier molecular flexibility index (Phi) is 8.78. The van der Waals surface area contributed by atoms with E-state index in [4.69, 9.17) is 16.3 Å². The van der Waals surface area contributed by atoms with Crippen LogP contribution in [-0.4, -0.2) is 37.6 Å². The van der Waals surface area contributed by atoms with Crippen LogP contribution < -0.4 is 5.32 Å². The van der Waals surface area contributed by atoms with E-state index < -0.39 is 36.3 Å². The summed E-state index contributed by atoms with van der Waals surface area (Å²) < 4.78 is 23.0. The van der Waals surface area contributed by atoms with Gasteiger partial charge in [-0.05, 0) is 24.1 Å². The Morgan fingerprint density at radius 2 is 2.04 bits per heavy atom. The fraction of sp³-hybridized carbons (Fsp3) is 0.389. The predicted molar refractivity (Wildman–Crippen MR) is 94.8 cm³/mol. The Morgan fingerprint density at radius 1 is 1.35 bits per heavy atom. The number of methoxy groups -OCH3 is 1. The summed E-state index contributed by atoms with van der Waals surface area (Å²) in [6.45, 7) is 3.07. The van der Waals surface area contributed by atoms with Gasteiger partial charge in [0.15, 0.2) is 6.61 Å². The molecule has 1 aromatic rings. The highest BCUT2D eigenvalue weighted by molar-refractivity contribution is 6.32. The van der Waals surface area contributed by atoms with Gasteiger partial charge in [-0.1, -0.05) is 37.9 Å².